The van der Waals surface area contributed by atoms with Gasteiger partial charge in [-0.3, -0.25) is 0 Å². The Morgan fingerprint density at radius 1 is 1.04 bits per heavy atom. The molecule has 5 heteroatoms. The van der Waals surface area contributed by atoms with Gasteiger partial charge in [-0.1, -0.05) is 31.4 Å². The fraction of sp³-hybridized carbons (Fsp3) is 0.579. The topological polar surface area (TPSA) is 56.3 Å². The van der Waals surface area contributed by atoms with Crippen molar-refractivity contribution in [1.82, 2.24) is 9.97 Å². The first-order valence-electron chi connectivity index (χ1n) is 9.15. The molecular formula is C19H25N3O2. The van der Waals surface area contributed by atoms with Crippen molar-refractivity contribution in [2.75, 3.05) is 18.5 Å². The largest absolute Gasteiger partial charge is 0.488 e. The van der Waals surface area contributed by atoms with Gasteiger partial charge in [0.05, 0.1) is 13.2 Å². The molecule has 128 valence electrons. The molecule has 1 saturated carbocycles. The molecule has 2 aliphatic rings. The van der Waals surface area contributed by atoms with E-state index in [1.165, 1.54) is 32.1 Å². The minimum Gasteiger partial charge on any atom is -0.488 e. The van der Waals surface area contributed by atoms with Crippen LogP contribution in [0.1, 0.15) is 44.9 Å². The van der Waals surface area contributed by atoms with Crippen LogP contribution in [0.25, 0.3) is 10.9 Å². The second-order valence-corrected chi connectivity index (χ2v) is 6.80. The van der Waals surface area contributed by atoms with E-state index in [0.717, 1.165) is 48.7 Å². The molecule has 1 aromatic carbocycles. The molecule has 0 amide bonds. The molecule has 1 aromatic heterocycles. The van der Waals surface area contributed by atoms with Gasteiger partial charge in [0.25, 0.3) is 0 Å². The Morgan fingerprint density at radius 3 is 2.71 bits per heavy atom. The standard InChI is InChI=1S/C19H25N3O2/c1-2-6-15(7-3-1)21-19-20-13-14-5-4-8-17(18(14)22-19)24-16-9-11-23-12-10-16/h4-5,8,13,15-16H,1-3,6-7,9-12H2,(H,20,21,22). The van der Waals surface area contributed by atoms with E-state index >= 15 is 0 Å². The predicted molar refractivity (Wildman–Crippen MR) is 94.5 cm³/mol. The third-order valence-electron chi connectivity index (χ3n) is 4.97. The highest BCUT2D eigenvalue weighted by Gasteiger charge is 2.18. The number of anilines is 1. The van der Waals surface area contributed by atoms with Crippen LogP contribution in [0.4, 0.5) is 5.95 Å². The van der Waals surface area contributed by atoms with E-state index in [-0.39, 0.29) is 6.10 Å². The van der Waals surface area contributed by atoms with Crippen molar-refractivity contribution in [3.8, 4) is 5.75 Å². The summed E-state index contributed by atoms with van der Waals surface area (Å²) in [7, 11) is 0. The quantitative estimate of drug-likeness (QED) is 0.922. The van der Waals surface area contributed by atoms with Gasteiger partial charge < -0.3 is 14.8 Å². The summed E-state index contributed by atoms with van der Waals surface area (Å²) in [6.07, 6.45) is 10.3. The van der Waals surface area contributed by atoms with Crippen LogP contribution in [0.3, 0.4) is 0 Å². The number of ether oxygens (including phenoxy) is 2. The third kappa shape index (κ3) is 3.61. The molecule has 0 spiro atoms. The number of para-hydroxylation sites is 1. The van der Waals surface area contributed by atoms with E-state index in [1.807, 2.05) is 24.4 Å². The van der Waals surface area contributed by atoms with E-state index in [0.29, 0.717) is 6.04 Å². The maximum atomic E-state index is 6.22. The highest BCUT2D eigenvalue weighted by Crippen LogP contribution is 2.28. The van der Waals surface area contributed by atoms with Crippen molar-refractivity contribution < 1.29 is 9.47 Å². The molecule has 2 heterocycles. The van der Waals surface area contributed by atoms with Gasteiger partial charge in [0.1, 0.15) is 17.4 Å². The van der Waals surface area contributed by atoms with Crippen LogP contribution in [-0.2, 0) is 4.74 Å². The molecule has 0 radical (unpaired) electrons. The molecule has 1 aliphatic carbocycles. The lowest BCUT2D eigenvalue weighted by Crippen LogP contribution is -2.26. The summed E-state index contributed by atoms with van der Waals surface area (Å²) in [5.74, 6) is 1.57. The Morgan fingerprint density at radius 2 is 1.88 bits per heavy atom. The lowest BCUT2D eigenvalue weighted by Gasteiger charge is -2.24. The molecule has 4 rings (SSSR count). The lowest BCUT2D eigenvalue weighted by atomic mass is 9.96. The van der Waals surface area contributed by atoms with Gasteiger partial charge in [-0.25, -0.2) is 9.97 Å². The minimum atomic E-state index is 0.217. The fourth-order valence-electron chi connectivity index (χ4n) is 3.60. The zero-order valence-electron chi connectivity index (χ0n) is 14.0. The molecule has 1 saturated heterocycles. The maximum Gasteiger partial charge on any atom is 0.223 e. The summed E-state index contributed by atoms with van der Waals surface area (Å²) in [6.45, 7) is 1.55. The highest BCUT2D eigenvalue weighted by atomic mass is 16.5. The van der Waals surface area contributed by atoms with Crippen LogP contribution >= 0.6 is 0 Å². The van der Waals surface area contributed by atoms with Crippen molar-refractivity contribution in [1.29, 1.82) is 0 Å². The first kappa shape index (κ1) is 15.6. The number of fused-ring (bicyclic) bond motifs is 1. The zero-order chi connectivity index (χ0) is 16.2. The van der Waals surface area contributed by atoms with Crippen LogP contribution < -0.4 is 10.1 Å². The smallest absolute Gasteiger partial charge is 0.223 e. The summed E-state index contributed by atoms with van der Waals surface area (Å²) in [5, 5.41) is 4.53. The number of nitrogens with one attached hydrogen (secondary N) is 1. The fourth-order valence-corrected chi connectivity index (χ4v) is 3.60. The van der Waals surface area contributed by atoms with Gasteiger partial charge >= 0.3 is 0 Å². The SMILES string of the molecule is c1cc(OC2CCOCC2)c2nc(NC3CCCCC3)ncc2c1. The summed E-state index contributed by atoms with van der Waals surface area (Å²) in [4.78, 5) is 9.25. The van der Waals surface area contributed by atoms with Crippen molar-refractivity contribution in [3.63, 3.8) is 0 Å². The molecule has 2 aromatic rings. The highest BCUT2D eigenvalue weighted by molar-refractivity contribution is 5.84. The Hall–Kier alpha value is -1.88. The molecule has 0 bridgehead atoms. The average molecular weight is 327 g/mol. The molecule has 5 nitrogen and oxygen atoms in total. The molecule has 24 heavy (non-hydrogen) atoms. The summed E-state index contributed by atoms with van der Waals surface area (Å²) in [5.41, 5.74) is 0.900. The van der Waals surface area contributed by atoms with Crippen molar-refractivity contribution in [3.05, 3.63) is 24.4 Å². The van der Waals surface area contributed by atoms with Gasteiger partial charge in [0.2, 0.25) is 5.95 Å². The molecular weight excluding hydrogens is 302 g/mol. The lowest BCUT2D eigenvalue weighted by molar-refractivity contribution is 0.0261. The van der Waals surface area contributed by atoms with Gasteiger partial charge in [-0.05, 0) is 18.9 Å². The van der Waals surface area contributed by atoms with Crippen LogP contribution in [0.2, 0.25) is 0 Å². The van der Waals surface area contributed by atoms with Crippen LogP contribution in [0.5, 0.6) is 5.75 Å². The average Bonchev–Trinajstić information content (AvgIpc) is 2.64. The van der Waals surface area contributed by atoms with Crippen LogP contribution in [0, 0.1) is 0 Å². The number of nitrogens with zero attached hydrogens (tertiary/aromatic N) is 2. The molecule has 0 unspecified atom stereocenters. The number of hydrogen-bond acceptors (Lipinski definition) is 5. The molecule has 1 N–H and O–H groups in total. The predicted octanol–water partition coefficient (Wildman–Crippen LogP) is 3.93. The zero-order valence-corrected chi connectivity index (χ0v) is 14.0. The van der Waals surface area contributed by atoms with E-state index in [4.69, 9.17) is 14.5 Å². The van der Waals surface area contributed by atoms with Gasteiger partial charge in [0.15, 0.2) is 0 Å². The van der Waals surface area contributed by atoms with E-state index in [2.05, 4.69) is 10.3 Å². The van der Waals surface area contributed by atoms with Crippen molar-refractivity contribution in [2.45, 2.75) is 57.1 Å². The summed E-state index contributed by atoms with van der Waals surface area (Å²) < 4.78 is 11.6. The van der Waals surface area contributed by atoms with E-state index < -0.39 is 0 Å². The van der Waals surface area contributed by atoms with Crippen molar-refractivity contribution in [2.24, 2.45) is 0 Å². The van der Waals surface area contributed by atoms with Crippen LogP contribution in [-0.4, -0.2) is 35.3 Å². The first-order valence-corrected chi connectivity index (χ1v) is 9.15. The van der Waals surface area contributed by atoms with E-state index in [9.17, 15) is 0 Å². The number of rotatable bonds is 4. The minimum absolute atomic E-state index is 0.217. The third-order valence-corrected chi connectivity index (χ3v) is 4.97. The second-order valence-electron chi connectivity index (χ2n) is 6.80. The Labute approximate surface area is 142 Å². The monoisotopic (exact) mass is 327 g/mol. The number of benzene rings is 1. The van der Waals surface area contributed by atoms with Crippen molar-refractivity contribution >= 4 is 16.9 Å². The van der Waals surface area contributed by atoms with Gasteiger partial charge in [-0.15, -0.1) is 0 Å². The normalized spacial score (nSPS) is 20.2. The molecule has 1 aliphatic heterocycles. The number of aromatic nitrogens is 2. The second kappa shape index (κ2) is 7.34. The Kier molecular flexibility index (Phi) is 4.78. The Bertz CT molecular complexity index is 679. The van der Waals surface area contributed by atoms with Gasteiger partial charge in [0, 0.05) is 30.5 Å². The molecule has 2 fully saturated rings. The number of hydrogen-bond donors (Lipinski definition) is 1. The first-order chi connectivity index (χ1) is 11.9. The maximum absolute atomic E-state index is 6.22. The van der Waals surface area contributed by atoms with E-state index in [1.54, 1.807) is 0 Å². The molecule has 0 atom stereocenters. The Balaban J connectivity index is 1.55. The van der Waals surface area contributed by atoms with Gasteiger partial charge in [-0.2, -0.15) is 0 Å². The van der Waals surface area contributed by atoms with Crippen LogP contribution in [0.15, 0.2) is 24.4 Å². The summed E-state index contributed by atoms with van der Waals surface area (Å²) in [6, 6.07) is 6.56. The summed E-state index contributed by atoms with van der Waals surface area (Å²) >= 11 is 0.